The lowest BCUT2D eigenvalue weighted by atomic mass is 9.96. The Hall–Kier alpha value is -1.16. The summed E-state index contributed by atoms with van der Waals surface area (Å²) in [6.07, 6.45) is 5.63. The van der Waals surface area contributed by atoms with E-state index in [2.05, 4.69) is 21.8 Å². The third-order valence-electron chi connectivity index (χ3n) is 3.29. The van der Waals surface area contributed by atoms with Crippen LogP contribution in [0.25, 0.3) is 0 Å². The zero-order valence-electron chi connectivity index (χ0n) is 9.89. The van der Waals surface area contributed by atoms with E-state index in [0.717, 1.165) is 30.6 Å². The second kappa shape index (κ2) is 5.25. The Morgan fingerprint density at radius 1 is 1.56 bits per heavy atom. The normalized spacial score (nSPS) is 21.1. The Morgan fingerprint density at radius 2 is 2.44 bits per heavy atom. The van der Waals surface area contributed by atoms with Gasteiger partial charge in [-0.3, -0.25) is 0 Å². The Bertz CT molecular complexity index is 340. The van der Waals surface area contributed by atoms with Gasteiger partial charge < -0.3 is 10.6 Å². The molecule has 0 aliphatic carbocycles. The summed E-state index contributed by atoms with van der Waals surface area (Å²) >= 11 is 0. The van der Waals surface area contributed by atoms with Gasteiger partial charge in [0.15, 0.2) is 0 Å². The molecule has 2 rings (SSSR count). The molecule has 0 radical (unpaired) electrons. The smallest absolute Gasteiger partial charge is 0.225 e. The minimum atomic E-state index is 0.487. The molecular weight excluding hydrogens is 200 g/mol. The molecule has 0 aromatic carbocycles. The summed E-state index contributed by atoms with van der Waals surface area (Å²) in [6.45, 7) is 4.90. The third-order valence-corrected chi connectivity index (χ3v) is 3.29. The van der Waals surface area contributed by atoms with Crippen LogP contribution in [0.5, 0.6) is 0 Å². The van der Waals surface area contributed by atoms with E-state index in [-0.39, 0.29) is 0 Å². The monoisotopic (exact) mass is 220 g/mol. The number of aromatic nitrogens is 2. The first kappa shape index (κ1) is 11.3. The van der Waals surface area contributed by atoms with Crippen LogP contribution in [0.3, 0.4) is 0 Å². The van der Waals surface area contributed by atoms with Crippen LogP contribution in [0.4, 0.5) is 5.95 Å². The minimum absolute atomic E-state index is 0.487. The van der Waals surface area contributed by atoms with E-state index in [0.29, 0.717) is 6.54 Å². The number of nitrogens with zero attached hydrogens (tertiary/aromatic N) is 3. The molecule has 88 valence electrons. The Morgan fingerprint density at radius 3 is 3.19 bits per heavy atom. The fourth-order valence-corrected chi connectivity index (χ4v) is 2.23. The van der Waals surface area contributed by atoms with Gasteiger partial charge in [0.25, 0.3) is 0 Å². The van der Waals surface area contributed by atoms with Crippen LogP contribution in [-0.4, -0.2) is 23.1 Å². The van der Waals surface area contributed by atoms with E-state index < -0.39 is 0 Å². The summed E-state index contributed by atoms with van der Waals surface area (Å²) in [5.41, 5.74) is 6.51. The lowest BCUT2D eigenvalue weighted by Crippen LogP contribution is -2.36. The van der Waals surface area contributed by atoms with E-state index in [1.165, 1.54) is 19.3 Å². The zero-order valence-corrected chi connectivity index (χ0v) is 9.89. The molecule has 1 aromatic rings. The minimum Gasteiger partial charge on any atom is -0.341 e. The van der Waals surface area contributed by atoms with Gasteiger partial charge in [-0.25, -0.2) is 9.97 Å². The van der Waals surface area contributed by atoms with Crippen molar-refractivity contribution in [1.82, 2.24) is 9.97 Å². The molecule has 0 saturated carbocycles. The van der Waals surface area contributed by atoms with Crippen LogP contribution in [0.2, 0.25) is 0 Å². The number of hydrogen-bond donors (Lipinski definition) is 1. The highest BCUT2D eigenvalue weighted by Crippen LogP contribution is 2.22. The van der Waals surface area contributed by atoms with E-state index in [1.807, 2.05) is 6.07 Å². The molecule has 1 unspecified atom stereocenters. The van der Waals surface area contributed by atoms with Crippen LogP contribution >= 0.6 is 0 Å². The SMILES string of the molecule is CCC1CCCN(c2nccc(CN)n2)C1. The molecule has 16 heavy (non-hydrogen) atoms. The van der Waals surface area contributed by atoms with Crippen molar-refractivity contribution in [2.24, 2.45) is 11.7 Å². The van der Waals surface area contributed by atoms with Crippen LogP contribution in [0.15, 0.2) is 12.3 Å². The topological polar surface area (TPSA) is 55.0 Å². The van der Waals surface area contributed by atoms with Gasteiger partial charge in [0, 0.05) is 25.8 Å². The molecule has 0 amide bonds. The zero-order chi connectivity index (χ0) is 11.4. The van der Waals surface area contributed by atoms with Gasteiger partial charge in [-0.1, -0.05) is 13.3 Å². The molecule has 0 bridgehead atoms. The van der Waals surface area contributed by atoms with Gasteiger partial charge >= 0.3 is 0 Å². The molecule has 1 atom stereocenters. The average molecular weight is 220 g/mol. The molecule has 2 N–H and O–H groups in total. The molecule has 0 spiro atoms. The lowest BCUT2D eigenvalue weighted by Gasteiger charge is -2.32. The maximum Gasteiger partial charge on any atom is 0.225 e. The first-order valence-corrected chi connectivity index (χ1v) is 6.10. The van der Waals surface area contributed by atoms with Gasteiger partial charge in [-0.15, -0.1) is 0 Å². The number of piperidine rings is 1. The second-order valence-corrected chi connectivity index (χ2v) is 4.41. The summed E-state index contributed by atoms with van der Waals surface area (Å²) in [5, 5.41) is 0. The second-order valence-electron chi connectivity index (χ2n) is 4.41. The van der Waals surface area contributed by atoms with Gasteiger partial charge in [0.2, 0.25) is 5.95 Å². The molecule has 1 aliphatic heterocycles. The molecule has 2 heterocycles. The van der Waals surface area contributed by atoms with Crippen molar-refractivity contribution in [2.45, 2.75) is 32.7 Å². The molecule has 1 aromatic heterocycles. The van der Waals surface area contributed by atoms with Crippen LogP contribution < -0.4 is 10.6 Å². The quantitative estimate of drug-likeness (QED) is 0.840. The highest BCUT2D eigenvalue weighted by Gasteiger charge is 2.20. The van der Waals surface area contributed by atoms with E-state index in [4.69, 9.17) is 5.73 Å². The Balaban J connectivity index is 2.10. The fourth-order valence-electron chi connectivity index (χ4n) is 2.23. The average Bonchev–Trinajstić information content (AvgIpc) is 2.39. The largest absolute Gasteiger partial charge is 0.341 e. The number of rotatable bonds is 3. The standard InChI is InChI=1S/C12H20N4/c1-2-10-4-3-7-16(9-10)12-14-6-5-11(8-13)15-12/h5-6,10H,2-4,7-9,13H2,1H3. The van der Waals surface area contributed by atoms with Crippen molar-refractivity contribution in [3.63, 3.8) is 0 Å². The number of anilines is 1. The highest BCUT2D eigenvalue weighted by molar-refractivity contribution is 5.31. The maximum atomic E-state index is 5.59. The lowest BCUT2D eigenvalue weighted by molar-refractivity contribution is 0.401. The summed E-state index contributed by atoms with van der Waals surface area (Å²) in [4.78, 5) is 11.1. The fraction of sp³-hybridized carbons (Fsp3) is 0.667. The van der Waals surface area contributed by atoms with Gasteiger partial charge in [0.05, 0.1) is 5.69 Å². The van der Waals surface area contributed by atoms with E-state index in [9.17, 15) is 0 Å². The van der Waals surface area contributed by atoms with Crippen molar-refractivity contribution in [1.29, 1.82) is 0 Å². The molecule has 1 saturated heterocycles. The van der Waals surface area contributed by atoms with Gasteiger partial charge in [-0.05, 0) is 24.8 Å². The predicted molar refractivity (Wildman–Crippen MR) is 65.2 cm³/mol. The van der Waals surface area contributed by atoms with E-state index >= 15 is 0 Å². The third kappa shape index (κ3) is 2.50. The van der Waals surface area contributed by atoms with Crippen molar-refractivity contribution < 1.29 is 0 Å². The highest BCUT2D eigenvalue weighted by atomic mass is 15.3. The van der Waals surface area contributed by atoms with Crippen molar-refractivity contribution in [2.75, 3.05) is 18.0 Å². The van der Waals surface area contributed by atoms with Crippen LogP contribution in [-0.2, 0) is 6.54 Å². The van der Waals surface area contributed by atoms with Crippen molar-refractivity contribution >= 4 is 5.95 Å². The predicted octanol–water partition coefficient (Wildman–Crippen LogP) is 1.56. The first-order valence-electron chi connectivity index (χ1n) is 6.10. The molecule has 4 heteroatoms. The van der Waals surface area contributed by atoms with Crippen LogP contribution in [0, 0.1) is 5.92 Å². The van der Waals surface area contributed by atoms with Crippen molar-refractivity contribution in [3.8, 4) is 0 Å². The Labute approximate surface area is 96.9 Å². The Kier molecular flexibility index (Phi) is 3.72. The molecular formula is C12H20N4. The van der Waals surface area contributed by atoms with E-state index in [1.54, 1.807) is 6.20 Å². The summed E-state index contributed by atoms with van der Waals surface area (Å²) in [6, 6.07) is 1.88. The van der Waals surface area contributed by atoms with Crippen molar-refractivity contribution in [3.05, 3.63) is 18.0 Å². The number of hydrogen-bond acceptors (Lipinski definition) is 4. The first-order chi connectivity index (χ1) is 7.83. The summed E-state index contributed by atoms with van der Waals surface area (Å²) in [5.74, 6) is 1.64. The summed E-state index contributed by atoms with van der Waals surface area (Å²) in [7, 11) is 0. The maximum absolute atomic E-state index is 5.59. The van der Waals surface area contributed by atoms with Gasteiger partial charge in [-0.2, -0.15) is 0 Å². The molecule has 4 nitrogen and oxygen atoms in total. The summed E-state index contributed by atoms with van der Waals surface area (Å²) < 4.78 is 0. The number of nitrogens with two attached hydrogens (primary N) is 1. The van der Waals surface area contributed by atoms with Gasteiger partial charge in [0.1, 0.15) is 0 Å². The molecule has 1 fully saturated rings. The molecule has 1 aliphatic rings. The van der Waals surface area contributed by atoms with Crippen LogP contribution in [0.1, 0.15) is 31.9 Å².